The molecule has 108 valence electrons. The summed E-state index contributed by atoms with van der Waals surface area (Å²) in [6.07, 6.45) is 0. The van der Waals surface area contributed by atoms with Crippen LogP contribution in [0.1, 0.15) is 38.2 Å². The number of aromatic nitrogens is 4. The molecular formula is C14H20FN5. The van der Waals surface area contributed by atoms with Crippen LogP contribution in [0.2, 0.25) is 0 Å². The van der Waals surface area contributed by atoms with Gasteiger partial charge in [0.2, 0.25) is 0 Å². The normalized spacial score (nSPS) is 12.9. The SMILES string of the molecule is Cc1ccc(F)c(-n2nnnc2C(C)NCC(C)C)c1. The van der Waals surface area contributed by atoms with E-state index in [1.165, 1.54) is 10.7 Å². The summed E-state index contributed by atoms with van der Waals surface area (Å²) in [4.78, 5) is 0. The van der Waals surface area contributed by atoms with Crippen LogP contribution in [0.25, 0.3) is 5.69 Å². The van der Waals surface area contributed by atoms with Crippen molar-refractivity contribution >= 4 is 0 Å². The van der Waals surface area contributed by atoms with Gasteiger partial charge in [-0.15, -0.1) is 5.10 Å². The van der Waals surface area contributed by atoms with Gasteiger partial charge in [0.05, 0.1) is 6.04 Å². The predicted octanol–water partition coefficient (Wildman–Crippen LogP) is 2.42. The predicted molar refractivity (Wildman–Crippen MR) is 75.1 cm³/mol. The van der Waals surface area contributed by atoms with Gasteiger partial charge in [-0.2, -0.15) is 4.68 Å². The second kappa shape index (κ2) is 6.09. The van der Waals surface area contributed by atoms with Gasteiger partial charge in [-0.1, -0.05) is 19.9 Å². The number of hydrogen-bond acceptors (Lipinski definition) is 4. The first-order valence-corrected chi connectivity index (χ1v) is 6.77. The van der Waals surface area contributed by atoms with Crippen LogP contribution >= 0.6 is 0 Å². The molecule has 0 spiro atoms. The molecule has 1 aromatic heterocycles. The van der Waals surface area contributed by atoms with Gasteiger partial charge in [-0.3, -0.25) is 0 Å². The molecule has 6 heteroatoms. The number of nitrogens with one attached hydrogen (secondary N) is 1. The maximum Gasteiger partial charge on any atom is 0.173 e. The molecule has 0 aliphatic heterocycles. The van der Waals surface area contributed by atoms with E-state index in [-0.39, 0.29) is 11.9 Å². The molecule has 2 rings (SSSR count). The van der Waals surface area contributed by atoms with Crippen LogP contribution in [-0.4, -0.2) is 26.8 Å². The highest BCUT2D eigenvalue weighted by atomic mass is 19.1. The van der Waals surface area contributed by atoms with Gasteiger partial charge in [0, 0.05) is 0 Å². The topological polar surface area (TPSA) is 55.6 Å². The number of benzene rings is 1. The van der Waals surface area contributed by atoms with E-state index < -0.39 is 0 Å². The van der Waals surface area contributed by atoms with E-state index in [0.29, 0.717) is 17.4 Å². The third-order valence-electron chi connectivity index (χ3n) is 3.04. The molecule has 5 nitrogen and oxygen atoms in total. The fourth-order valence-electron chi connectivity index (χ4n) is 1.92. The first-order chi connectivity index (χ1) is 9.49. The number of hydrogen-bond donors (Lipinski definition) is 1. The van der Waals surface area contributed by atoms with Gasteiger partial charge in [-0.05, 0) is 54.4 Å². The van der Waals surface area contributed by atoms with Crippen LogP contribution < -0.4 is 5.32 Å². The molecule has 0 radical (unpaired) electrons. The largest absolute Gasteiger partial charge is 0.307 e. The second-order valence-corrected chi connectivity index (χ2v) is 5.43. The average molecular weight is 277 g/mol. The van der Waals surface area contributed by atoms with Gasteiger partial charge >= 0.3 is 0 Å². The van der Waals surface area contributed by atoms with Crippen molar-refractivity contribution in [3.8, 4) is 5.69 Å². The molecule has 0 aliphatic rings. The molecule has 1 heterocycles. The third kappa shape index (κ3) is 3.19. The van der Waals surface area contributed by atoms with E-state index in [1.54, 1.807) is 12.1 Å². The Kier molecular flexibility index (Phi) is 4.44. The summed E-state index contributed by atoms with van der Waals surface area (Å²) in [6.45, 7) is 8.99. The highest BCUT2D eigenvalue weighted by Crippen LogP contribution is 2.18. The maximum atomic E-state index is 14.0. The summed E-state index contributed by atoms with van der Waals surface area (Å²) in [7, 11) is 0. The molecule has 0 amide bonds. The fraction of sp³-hybridized carbons (Fsp3) is 0.500. The zero-order valence-corrected chi connectivity index (χ0v) is 12.3. The zero-order valence-electron chi connectivity index (χ0n) is 12.3. The Labute approximate surface area is 118 Å². The lowest BCUT2D eigenvalue weighted by Gasteiger charge is -2.15. The Hall–Kier alpha value is -1.82. The Bertz CT molecular complexity index is 579. The van der Waals surface area contributed by atoms with E-state index in [1.807, 2.05) is 13.8 Å². The molecular weight excluding hydrogens is 257 g/mol. The van der Waals surface area contributed by atoms with Crippen LogP contribution in [0.4, 0.5) is 4.39 Å². The Morgan fingerprint density at radius 2 is 2.05 bits per heavy atom. The molecule has 0 saturated heterocycles. The molecule has 0 fully saturated rings. The summed E-state index contributed by atoms with van der Waals surface area (Å²) in [5, 5.41) is 14.9. The molecule has 0 saturated carbocycles. The van der Waals surface area contributed by atoms with Crippen LogP contribution in [0.3, 0.4) is 0 Å². The molecule has 1 unspecified atom stereocenters. The molecule has 1 N–H and O–H groups in total. The fourth-order valence-corrected chi connectivity index (χ4v) is 1.92. The summed E-state index contributed by atoms with van der Waals surface area (Å²) >= 11 is 0. The molecule has 20 heavy (non-hydrogen) atoms. The van der Waals surface area contributed by atoms with Crippen LogP contribution in [0.5, 0.6) is 0 Å². The van der Waals surface area contributed by atoms with Crippen LogP contribution in [0, 0.1) is 18.7 Å². The van der Waals surface area contributed by atoms with Crippen molar-refractivity contribution in [3.05, 3.63) is 35.4 Å². The summed E-state index contributed by atoms with van der Waals surface area (Å²) in [5.74, 6) is 0.799. The van der Waals surface area contributed by atoms with Crippen molar-refractivity contribution in [1.29, 1.82) is 0 Å². The number of rotatable bonds is 5. The van der Waals surface area contributed by atoms with Crippen molar-refractivity contribution in [2.45, 2.75) is 33.7 Å². The van der Waals surface area contributed by atoms with Crippen molar-refractivity contribution in [2.75, 3.05) is 6.54 Å². The van der Waals surface area contributed by atoms with Gasteiger partial charge in [0.25, 0.3) is 0 Å². The van der Waals surface area contributed by atoms with Gasteiger partial charge in [-0.25, -0.2) is 4.39 Å². The summed E-state index contributed by atoms with van der Waals surface area (Å²) in [6, 6.07) is 4.85. The van der Waals surface area contributed by atoms with Gasteiger partial charge in [0.1, 0.15) is 11.5 Å². The van der Waals surface area contributed by atoms with Crippen molar-refractivity contribution in [2.24, 2.45) is 5.92 Å². The molecule has 1 aromatic carbocycles. The van der Waals surface area contributed by atoms with Crippen LogP contribution in [0.15, 0.2) is 18.2 Å². The lowest BCUT2D eigenvalue weighted by atomic mass is 10.2. The smallest absolute Gasteiger partial charge is 0.173 e. The highest BCUT2D eigenvalue weighted by Gasteiger charge is 2.18. The summed E-state index contributed by atoms with van der Waals surface area (Å²) < 4.78 is 15.4. The average Bonchev–Trinajstić information content (AvgIpc) is 2.88. The van der Waals surface area contributed by atoms with E-state index >= 15 is 0 Å². The lowest BCUT2D eigenvalue weighted by Crippen LogP contribution is -2.26. The Morgan fingerprint density at radius 1 is 1.30 bits per heavy atom. The molecule has 0 aliphatic carbocycles. The standard InChI is InChI=1S/C14H20FN5/c1-9(2)8-16-11(4)14-17-18-19-20(14)13-7-10(3)5-6-12(13)15/h5-7,9,11,16H,8H2,1-4H3. The number of tetrazole rings is 1. The third-order valence-corrected chi connectivity index (χ3v) is 3.04. The first-order valence-electron chi connectivity index (χ1n) is 6.77. The minimum Gasteiger partial charge on any atom is -0.307 e. The quantitative estimate of drug-likeness (QED) is 0.912. The molecule has 0 bridgehead atoms. The van der Waals surface area contributed by atoms with E-state index in [4.69, 9.17) is 0 Å². The maximum absolute atomic E-state index is 14.0. The van der Waals surface area contributed by atoms with Gasteiger partial charge < -0.3 is 5.32 Å². The van der Waals surface area contributed by atoms with E-state index in [2.05, 4.69) is 34.7 Å². The molecule has 1 atom stereocenters. The number of halogens is 1. The van der Waals surface area contributed by atoms with E-state index in [9.17, 15) is 4.39 Å². The lowest BCUT2D eigenvalue weighted by molar-refractivity contribution is 0.472. The van der Waals surface area contributed by atoms with Crippen LogP contribution in [-0.2, 0) is 0 Å². The van der Waals surface area contributed by atoms with Crippen molar-refractivity contribution in [1.82, 2.24) is 25.5 Å². The van der Waals surface area contributed by atoms with E-state index in [0.717, 1.165) is 12.1 Å². The first kappa shape index (κ1) is 14.6. The Morgan fingerprint density at radius 3 is 2.75 bits per heavy atom. The van der Waals surface area contributed by atoms with Gasteiger partial charge in [0.15, 0.2) is 5.82 Å². The van der Waals surface area contributed by atoms with Crippen molar-refractivity contribution < 1.29 is 4.39 Å². The Balaban J connectivity index is 2.30. The number of nitrogens with zero attached hydrogens (tertiary/aromatic N) is 4. The monoisotopic (exact) mass is 277 g/mol. The zero-order chi connectivity index (χ0) is 14.7. The minimum atomic E-state index is -0.333. The van der Waals surface area contributed by atoms with Crippen molar-refractivity contribution in [3.63, 3.8) is 0 Å². The summed E-state index contributed by atoms with van der Waals surface area (Å²) in [5.41, 5.74) is 1.34. The second-order valence-electron chi connectivity index (χ2n) is 5.43. The number of aryl methyl sites for hydroxylation is 1. The highest BCUT2D eigenvalue weighted by molar-refractivity contribution is 5.36. The minimum absolute atomic E-state index is 0.0488. The molecule has 2 aromatic rings.